The van der Waals surface area contributed by atoms with Crippen LogP contribution >= 0.6 is 11.3 Å². The number of anilines is 1. The van der Waals surface area contributed by atoms with Gasteiger partial charge in [0.05, 0.1) is 18.4 Å². The second-order valence-corrected chi connectivity index (χ2v) is 6.49. The van der Waals surface area contributed by atoms with Crippen LogP contribution in [0, 0.1) is 0 Å². The average molecular weight is 352 g/mol. The van der Waals surface area contributed by atoms with E-state index in [0.717, 1.165) is 27.7 Å². The SMILES string of the molecule is COc1ccccc1-c1nc(CCC(=O)N(C)c2ccccc2)cs1. The number of rotatable bonds is 6. The Hall–Kier alpha value is -2.66. The van der Waals surface area contributed by atoms with Crippen molar-refractivity contribution in [2.75, 3.05) is 19.1 Å². The third-order valence-electron chi connectivity index (χ3n) is 4.00. The van der Waals surface area contributed by atoms with E-state index in [-0.39, 0.29) is 5.91 Å². The van der Waals surface area contributed by atoms with Crippen LogP contribution in [0.4, 0.5) is 5.69 Å². The molecule has 0 aliphatic carbocycles. The molecule has 5 heteroatoms. The molecule has 3 rings (SSSR count). The number of methoxy groups -OCH3 is 1. The zero-order valence-electron chi connectivity index (χ0n) is 14.3. The summed E-state index contributed by atoms with van der Waals surface area (Å²) in [6.07, 6.45) is 1.06. The summed E-state index contributed by atoms with van der Waals surface area (Å²) < 4.78 is 5.39. The largest absolute Gasteiger partial charge is 0.496 e. The zero-order valence-corrected chi connectivity index (χ0v) is 15.1. The van der Waals surface area contributed by atoms with Crippen molar-refractivity contribution in [3.05, 3.63) is 65.7 Å². The van der Waals surface area contributed by atoms with Gasteiger partial charge < -0.3 is 9.64 Å². The lowest BCUT2D eigenvalue weighted by Gasteiger charge is -2.16. The van der Waals surface area contributed by atoms with Gasteiger partial charge in [0.1, 0.15) is 10.8 Å². The summed E-state index contributed by atoms with van der Waals surface area (Å²) >= 11 is 1.57. The van der Waals surface area contributed by atoms with Crippen LogP contribution in [0.1, 0.15) is 12.1 Å². The van der Waals surface area contributed by atoms with Gasteiger partial charge in [0.25, 0.3) is 0 Å². The monoisotopic (exact) mass is 352 g/mol. The lowest BCUT2D eigenvalue weighted by molar-refractivity contribution is -0.118. The van der Waals surface area contributed by atoms with E-state index in [2.05, 4.69) is 4.98 Å². The first kappa shape index (κ1) is 17.2. The highest BCUT2D eigenvalue weighted by Crippen LogP contribution is 2.32. The minimum Gasteiger partial charge on any atom is -0.496 e. The molecule has 4 nitrogen and oxygen atoms in total. The number of carbonyl (C=O) groups excluding carboxylic acids is 1. The number of nitrogens with zero attached hydrogens (tertiary/aromatic N) is 2. The molecule has 0 aliphatic rings. The summed E-state index contributed by atoms with van der Waals surface area (Å²) in [4.78, 5) is 18.7. The molecule has 1 heterocycles. The van der Waals surface area contributed by atoms with E-state index in [1.807, 2.05) is 60.0 Å². The smallest absolute Gasteiger partial charge is 0.227 e. The van der Waals surface area contributed by atoms with Crippen molar-refractivity contribution >= 4 is 22.9 Å². The number of aryl methyl sites for hydroxylation is 1. The first-order valence-corrected chi connectivity index (χ1v) is 8.96. The number of ether oxygens (including phenoxy) is 1. The molecule has 0 saturated heterocycles. The number of hydrogen-bond acceptors (Lipinski definition) is 4. The number of amides is 1. The number of thiazole rings is 1. The van der Waals surface area contributed by atoms with Crippen molar-refractivity contribution in [3.8, 4) is 16.3 Å². The maximum Gasteiger partial charge on any atom is 0.227 e. The summed E-state index contributed by atoms with van der Waals surface area (Å²) in [5.74, 6) is 0.890. The van der Waals surface area contributed by atoms with E-state index < -0.39 is 0 Å². The minimum atomic E-state index is 0.0815. The molecular formula is C20H20N2O2S. The predicted octanol–water partition coefficient (Wildman–Crippen LogP) is 4.41. The van der Waals surface area contributed by atoms with Crippen molar-refractivity contribution in [1.29, 1.82) is 0 Å². The quantitative estimate of drug-likeness (QED) is 0.660. The summed E-state index contributed by atoms with van der Waals surface area (Å²) in [6.45, 7) is 0. The molecule has 1 amide bonds. The normalized spacial score (nSPS) is 10.5. The fourth-order valence-electron chi connectivity index (χ4n) is 2.57. The Morgan fingerprint density at radius 3 is 2.60 bits per heavy atom. The topological polar surface area (TPSA) is 42.4 Å². The Morgan fingerprint density at radius 1 is 1.12 bits per heavy atom. The van der Waals surface area contributed by atoms with Crippen LogP contribution in [0.5, 0.6) is 5.75 Å². The molecule has 0 aliphatic heterocycles. The first-order valence-electron chi connectivity index (χ1n) is 8.08. The predicted molar refractivity (Wildman–Crippen MR) is 102 cm³/mol. The van der Waals surface area contributed by atoms with Gasteiger partial charge in [0.2, 0.25) is 5.91 Å². The third-order valence-corrected chi connectivity index (χ3v) is 4.93. The van der Waals surface area contributed by atoms with E-state index in [4.69, 9.17) is 4.74 Å². The fourth-order valence-corrected chi connectivity index (χ4v) is 3.45. The maximum atomic E-state index is 12.4. The fraction of sp³-hybridized carbons (Fsp3) is 0.200. The molecule has 3 aromatic rings. The Labute approximate surface area is 151 Å². The Bertz CT molecular complexity index is 846. The molecular weight excluding hydrogens is 332 g/mol. The van der Waals surface area contributed by atoms with Gasteiger partial charge in [0, 0.05) is 24.5 Å². The molecule has 0 fully saturated rings. The molecule has 0 unspecified atom stereocenters. The van der Waals surface area contributed by atoms with Gasteiger partial charge in [-0.3, -0.25) is 4.79 Å². The lowest BCUT2D eigenvalue weighted by Crippen LogP contribution is -2.26. The van der Waals surface area contributed by atoms with Gasteiger partial charge in [-0.15, -0.1) is 11.3 Å². The van der Waals surface area contributed by atoms with Gasteiger partial charge in [-0.05, 0) is 30.7 Å². The van der Waals surface area contributed by atoms with Crippen LogP contribution in [0.25, 0.3) is 10.6 Å². The Morgan fingerprint density at radius 2 is 1.84 bits per heavy atom. The molecule has 2 aromatic carbocycles. The Balaban J connectivity index is 1.65. The zero-order chi connectivity index (χ0) is 17.6. The van der Waals surface area contributed by atoms with Crippen LogP contribution in [-0.4, -0.2) is 25.0 Å². The summed E-state index contributed by atoms with van der Waals surface area (Å²) in [6, 6.07) is 17.5. The molecule has 128 valence electrons. The van der Waals surface area contributed by atoms with Crippen LogP contribution < -0.4 is 9.64 Å². The highest BCUT2D eigenvalue weighted by molar-refractivity contribution is 7.13. The van der Waals surface area contributed by atoms with Crippen LogP contribution in [0.3, 0.4) is 0 Å². The molecule has 25 heavy (non-hydrogen) atoms. The van der Waals surface area contributed by atoms with Gasteiger partial charge in [-0.25, -0.2) is 4.98 Å². The van der Waals surface area contributed by atoms with E-state index in [1.165, 1.54) is 0 Å². The van der Waals surface area contributed by atoms with Crippen LogP contribution in [0.2, 0.25) is 0 Å². The molecule has 0 spiro atoms. The minimum absolute atomic E-state index is 0.0815. The number of aromatic nitrogens is 1. The molecule has 0 saturated carbocycles. The van der Waals surface area contributed by atoms with E-state index in [0.29, 0.717) is 12.8 Å². The maximum absolute atomic E-state index is 12.4. The van der Waals surface area contributed by atoms with Gasteiger partial charge in [0.15, 0.2) is 0 Å². The number of benzene rings is 2. The highest BCUT2D eigenvalue weighted by atomic mass is 32.1. The molecule has 0 atom stereocenters. The molecule has 0 bridgehead atoms. The molecule has 1 aromatic heterocycles. The average Bonchev–Trinajstić information content (AvgIpc) is 3.15. The highest BCUT2D eigenvalue weighted by Gasteiger charge is 2.13. The molecule has 0 radical (unpaired) electrons. The first-order chi connectivity index (χ1) is 12.2. The second kappa shape index (κ2) is 7.94. The van der Waals surface area contributed by atoms with Crippen molar-refractivity contribution in [2.45, 2.75) is 12.8 Å². The second-order valence-electron chi connectivity index (χ2n) is 5.63. The number of hydrogen-bond donors (Lipinski definition) is 0. The van der Waals surface area contributed by atoms with Crippen molar-refractivity contribution in [3.63, 3.8) is 0 Å². The van der Waals surface area contributed by atoms with Crippen molar-refractivity contribution in [2.24, 2.45) is 0 Å². The van der Waals surface area contributed by atoms with E-state index in [9.17, 15) is 4.79 Å². The third kappa shape index (κ3) is 4.06. The van der Waals surface area contributed by atoms with Crippen molar-refractivity contribution < 1.29 is 9.53 Å². The Kier molecular flexibility index (Phi) is 5.46. The van der Waals surface area contributed by atoms with Crippen LogP contribution in [-0.2, 0) is 11.2 Å². The standard InChI is InChI=1S/C20H20N2O2S/c1-22(16-8-4-3-5-9-16)19(23)13-12-15-14-25-20(21-15)17-10-6-7-11-18(17)24-2/h3-11,14H,12-13H2,1-2H3. The summed E-state index contributed by atoms with van der Waals surface area (Å²) in [7, 11) is 3.46. The van der Waals surface area contributed by atoms with E-state index in [1.54, 1.807) is 30.4 Å². The summed E-state index contributed by atoms with van der Waals surface area (Å²) in [5, 5.41) is 2.92. The van der Waals surface area contributed by atoms with Gasteiger partial charge in [-0.1, -0.05) is 30.3 Å². The molecule has 0 N–H and O–H groups in total. The summed E-state index contributed by atoms with van der Waals surface area (Å²) in [5.41, 5.74) is 2.81. The number of carbonyl (C=O) groups is 1. The number of para-hydroxylation sites is 2. The van der Waals surface area contributed by atoms with Gasteiger partial charge >= 0.3 is 0 Å². The van der Waals surface area contributed by atoms with Gasteiger partial charge in [-0.2, -0.15) is 0 Å². The lowest BCUT2D eigenvalue weighted by atomic mass is 10.2. The van der Waals surface area contributed by atoms with E-state index >= 15 is 0 Å². The van der Waals surface area contributed by atoms with Crippen LogP contribution in [0.15, 0.2) is 60.0 Å². The van der Waals surface area contributed by atoms with Crippen molar-refractivity contribution in [1.82, 2.24) is 4.98 Å².